The van der Waals surface area contributed by atoms with Crippen molar-refractivity contribution in [2.75, 3.05) is 5.32 Å². The molecule has 0 saturated heterocycles. The molecule has 13 heteroatoms. The van der Waals surface area contributed by atoms with E-state index in [9.17, 15) is 22.8 Å². The number of anilines is 1. The maximum Gasteiger partial charge on any atom is 0.573 e. The zero-order valence-corrected chi connectivity index (χ0v) is 21.6. The van der Waals surface area contributed by atoms with Gasteiger partial charge in [0.2, 0.25) is 5.91 Å². The van der Waals surface area contributed by atoms with Crippen molar-refractivity contribution in [3.63, 3.8) is 0 Å². The van der Waals surface area contributed by atoms with E-state index in [2.05, 4.69) is 35.5 Å². The Bertz CT molecular complexity index is 1460. The molecule has 3 heterocycles. The number of nitrogens with zero attached hydrogens (tertiary/aromatic N) is 6. The van der Waals surface area contributed by atoms with Crippen LogP contribution in [0.2, 0.25) is 0 Å². The van der Waals surface area contributed by atoms with Crippen LogP contribution in [0, 0.1) is 0 Å². The van der Waals surface area contributed by atoms with Crippen LogP contribution >= 0.6 is 0 Å². The molecule has 40 heavy (non-hydrogen) atoms. The summed E-state index contributed by atoms with van der Waals surface area (Å²) in [6.07, 6.45) is 0.990. The number of hydrogen-bond acceptors (Lipinski definition) is 8. The van der Waals surface area contributed by atoms with E-state index in [-0.39, 0.29) is 29.7 Å². The molecule has 1 amide bonds. The van der Waals surface area contributed by atoms with Crippen LogP contribution in [0.1, 0.15) is 48.1 Å². The predicted octanol–water partition coefficient (Wildman–Crippen LogP) is 4.83. The molecule has 3 aromatic heterocycles. The van der Waals surface area contributed by atoms with Gasteiger partial charge in [-0.1, -0.05) is 24.3 Å². The van der Waals surface area contributed by atoms with Gasteiger partial charge in [-0.25, -0.2) is 0 Å². The molecule has 4 aromatic rings. The highest BCUT2D eigenvalue weighted by atomic mass is 19.4. The van der Waals surface area contributed by atoms with Crippen molar-refractivity contribution in [2.24, 2.45) is 0 Å². The van der Waals surface area contributed by atoms with Gasteiger partial charge in [-0.2, -0.15) is 5.10 Å². The van der Waals surface area contributed by atoms with Crippen LogP contribution in [0.3, 0.4) is 0 Å². The van der Waals surface area contributed by atoms with E-state index in [1.165, 1.54) is 24.4 Å². The number of nitrogens with one attached hydrogen (secondary N) is 1. The van der Waals surface area contributed by atoms with Gasteiger partial charge >= 0.3 is 6.36 Å². The second-order valence-corrected chi connectivity index (χ2v) is 8.85. The minimum atomic E-state index is -4.79. The normalized spacial score (nSPS) is 11.3. The number of benzene rings is 1. The SMILES string of the molecule is CCC(=O)c1cn(CCCCc2ccc(NC(=O)Cc3cc(-c4cccc(OC(F)(F)F)c4)ccn3)nn2)nn1. The molecule has 0 aliphatic heterocycles. The fraction of sp³-hybridized carbons (Fsp3) is 0.296. The zero-order valence-electron chi connectivity index (χ0n) is 21.6. The van der Waals surface area contributed by atoms with Crippen LogP contribution < -0.4 is 10.1 Å². The molecule has 0 aliphatic carbocycles. The second-order valence-electron chi connectivity index (χ2n) is 8.85. The molecular weight excluding hydrogens is 527 g/mol. The highest BCUT2D eigenvalue weighted by Gasteiger charge is 2.31. The molecule has 0 saturated carbocycles. The third kappa shape index (κ3) is 8.41. The predicted molar refractivity (Wildman–Crippen MR) is 138 cm³/mol. The van der Waals surface area contributed by atoms with E-state index in [1.54, 1.807) is 48.1 Å². The van der Waals surface area contributed by atoms with Crippen LogP contribution in [0.4, 0.5) is 19.0 Å². The van der Waals surface area contributed by atoms with Gasteiger partial charge in [0, 0.05) is 19.2 Å². The molecule has 0 radical (unpaired) electrons. The van der Waals surface area contributed by atoms with Crippen LogP contribution in [0.5, 0.6) is 5.75 Å². The Morgan fingerprint density at radius 1 is 0.975 bits per heavy atom. The number of pyridine rings is 1. The number of rotatable bonds is 12. The zero-order chi connectivity index (χ0) is 28.5. The van der Waals surface area contributed by atoms with Crippen LogP contribution in [-0.2, 0) is 24.2 Å². The quantitative estimate of drug-likeness (QED) is 0.196. The summed E-state index contributed by atoms with van der Waals surface area (Å²) in [7, 11) is 0. The van der Waals surface area contributed by atoms with Crippen molar-refractivity contribution in [3.8, 4) is 16.9 Å². The number of amides is 1. The number of alkyl halides is 3. The number of hydrogen-bond donors (Lipinski definition) is 1. The fourth-order valence-corrected chi connectivity index (χ4v) is 3.84. The van der Waals surface area contributed by atoms with Crippen molar-refractivity contribution in [1.29, 1.82) is 0 Å². The highest BCUT2D eigenvalue weighted by molar-refractivity contribution is 5.93. The third-order valence-electron chi connectivity index (χ3n) is 5.76. The van der Waals surface area contributed by atoms with E-state index in [0.717, 1.165) is 18.5 Å². The Morgan fingerprint density at radius 3 is 2.55 bits per heavy atom. The van der Waals surface area contributed by atoms with Crippen LogP contribution in [0.25, 0.3) is 11.1 Å². The number of unbranched alkanes of at least 4 members (excludes halogenated alkanes) is 1. The number of halogens is 3. The van der Waals surface area contributed by atoms with Gasteiger partial charge in [0.15, 0.2) is 11.6 Å². The molecule has 0 aliphatic rings. The molecule has 0 bridgehead atoms. The summed E-state index contributed by atoms with van der Waals surface area (Å²) in [5, 5.41) is 18.7. The van der Waals surface area contributed by atoms with Crippen molar-refractivity contribution < 1.29 is 27.5 Å². The highest BCUT2D eigenvalue weighted by Crippen LogP contribution is 2.28. The van der Waals surface area contributed by atoms with Gasteiger partial charge in [-0.15, -0.1) is 23.4 Å². The van der Waals surface area contributed by atoms with Crippen molar-refractivity contribution in [3.05, 3.63) is 78.0 Å². The monoisotopic (exact) mass is 553 g/mol. The maximum atomic E-state index is 12.5. The molecule has 0 atom stereocenters. The molecule has 0 unspecified atom stereocenters. The lowest BCUT2D eigenvalue weighted by Crippen LogP contribution is -2.17. The Kier molecular flexibility index (Phi) is 9.15. The van der Waals surface area contributed by atoms with Gasteiger partial charge in [0.1, 0.15) is 11.4 Å². The molecule has 208 valence electrons. The van der Waals surface area contributed by atoms with Crippen LogP contribution in [-0.4, -0.2) is 48.2 Å². The molecule has 0 spiro atoms. The number of ether oxygens (including phenoxy) is 1. The summed E-state index contributed by atoms with van der Waals surface area (Å²) >= 11 is 0. The lowest BCUT2D eigenvalue weighted by atomic mass is 10.1. The first kappa shape index (κ1) is 28.3. The molecule has 0 fully saturated rings. The summed E-state index contributed by atoms with van der Waals surface area (Å²) in [5.41, 5.74) is 2.65. The second kappa shape index (κ2) is 12.9. The van der Waals surface area contributed by atoms with Gasteiger partial charge < -0.3 is 10.1 Å². The number of Topliss-reactive ketones (excluding diaryl/α,β-unsaturated/α-hetero) is 1. The summed E-state index contributed by atoms with van der Waals surface area (Å²) < 4.78 is 43.3. The van der Waals surface area contributed by atoms with E-state index >= 15 is 0 Å². The van der Waals surface area contributed by atoms with E-state index in [1.807, 2.05) is 0 Å². The topological polar surface area (TPSA) is 125 Å². The summed E-state index contributed by atoms with van der Waals surface area (Å²) in [6.45, 7) is 2.41. The lowest BCUT2D eigenvalue weighted by Gasteiger charge is -2.10. The Balaban J connectivity index is 1.25. The number of aryl methyl sites for hydroxylation is 2. The number of carbonyl (C=O) groups excluding carboxylic acids is 2. The Hall–Kier alpha value is -4.68. The molecular formula is C27H26F3N7O3. The summed E-state index contributed by atoms with van der Waals surface area (Å²) in [5.74, 6) is -0.452. The van der Waals surface area contributed by atoms with Crippen molar-refractivity contribution in [1.82, 2.24) is 30.2 Å². The van der Waals surface area contributed by atoms with E-state index < -0.39 is 6.36 Å². The Labute approximate surface area is 227 Å². The summed E-state index contributed by atoms with van der Waals surface area (Å²) in [4.78, 5) is 28.4. The van der Waals surface area contributed by atoms with Gasteiger partial charge in [-0.3, -0.25) is 19.3 Å². The smallest absolute Gasteiger partial charge is 0.406 e. The number of carbonyl (C=O) groups is 2. The van der Waals surface area contributed by atoms with E-state index in [0.29, 0.717) is 41.9 Å². The number of ketones is 1. The minimum Gasteiger partial charge on any atom is -0.406 e. The molecule has 1 aromatic carbocycles. The first-order valence-electron chi connectivity index (χ1n) is 12.6. The minimum absolute atomic E-state index is 0.0392. The Morgan fingerprint density at radius 2 is 1.80 bits per heavy atom. The summed E-state index contributed by atoms with van der Waals surface area (Å²) in [6, 6.07) is 12.3. The van der Waals surface area contributed by atoms with Gasteiger partial charge in [0.05, 0.1) is 24.0 Å². The standard InChI is InChI=1S/C27H26F3N7O3/c1-2-24(38)23-17-37(36-34-23)13-4-3-7-20-9-10-25(35-33-20)32-26(39)16-21-14-19(11-12-31-21)18-6-5-8-22(15-18)40-27(28,29)30/h5-6,8-12,14-15,17H,2-4,7,13,16H2,1H3,(H,32,35,39). The first-order chi connectivity index (χ1) is 19.2. The van der Waals surface area contributed by atoms with Crippen LogP contribution in [0.15, 0.2) is 60.9 Å². The lowest BCUT2D eigenvalue weighted by molar-refractivity contribution is -0.274. The maximum absolute atomic E-state index is 12.5. The van der Waals surface area contributed by atoms with Crippen molar-refractivity contribution >= 4 is 17.5 Å². The largest absolute Gasteiger partial charge is 0.573 e. The molecule has 1 N–H and O–H groups in total. The average molecular weight is 554 g/mol. The average Bonchev–Trinajstić information content (AvgIpc) is 3.40. The molecule has 4 rings (SSSR count). The van der Waals surface area contributed by atoms with E-state index in [4.69, 9.17) is 0 Å². The van der Waals surface area contributed by atoms with Crippen molar-refractivity contribution in [2.45, 2.75) is 51.9 Å². The fourth-order valence-electron chi connectivity index (χ4n) is 3.84. The van der Waals surface area contributed by atoms with Gasteiger partial charge in [0.25, 0.3) is 0 Å². The first-order valence-corrected chi connectivity index (χ1v) is 12.6. The van der Waals surface area contributed by atoms with Gasteiger partial charge in [-0.05, 0) is 66.8 Å². The molecule has 10 nitrogen and oxygen atoms in total. The third-order valence-corrected chi connectivity index (χ3v) is 5.76. The number of aromatic nitrogens is 6.